The summed E-state index contributed by atoms with van der Waals surface area (Å²) in [4.78, 5) is 13.6. The molecule has 21 heavy (non-hydrogen) atoms. The zero-order valence-electron chi connectivity index (χ0n) is 10.8. The van der Waals surface area contributed by atoms with Crippen LogP contribution in [0, 0.1) is 23.3 Å². The van der Waals surface area contributed by atoms with E-state index in [1.807, 2.05) is 10.2 Å². The van der Waals surface area contributed by atoms with Gasteiger partial charge < -0.3 is 10.1 Å². The Labute approximate surface area is 116 Å². The Hall–Kier alpha value is -2.32. The van der Waals surface area contributed by atoms with Crippen molar-refractivity contribution < 1.29 is 27.1 Å². The first kappa shape index (κ1) is 16.7. The molecule has 0 atom stereocenters. The summed E-state index contributed by atoms with van der Waals surface area (Å²) in [5.74, 6) is -9.12. The first-order chi connectivity index (χ1) is 9.95. The number of hydrogen-bond donors (Lipinski definition) is 1. The molecule has 0 bridgehead atoms. The number of ether oxygens (including phenoxy) is 1. The number of rotatable bonds is 6. The van der Waals surface area contributed by atoms with Gasteiger partial charge >= 0.3 is 0 Å². The van der Waals surface area contributed by atoms with Crippen molar-refractivity contribution in [1.29, 1.82) is 0 Å². The maximum Gasteiger partial charge on any atom is 0.257 e. The molecular weight excluding hydrogens is 296 g/mol. The highest BCUT2D eigenvalue weighted by molar-refractivity contribution is 5.95. The third-order valence-corrected chi connectivity index (χ3v) is 2.35. The zero-order valence-corrected chi connectivity index (χ0v) is 10.8. The quantitative estimate of drug-likeness (QED) is 0.219. The van der Waals surface area contributed by atoms with Crippen LogP contribution in [0.25, 0.3) is 10.4 Å². The third kappa shape index (κ3) is 3.61. The minimum Gasteiger partial charge on any atom is -0.380 e. The molecule has 1 aromatic carbocycles. The van der Waals surface area contributed by atoms with E-state index < -0.39 is 40.4 Å². The van der Waals surface area contributed by atoms with Gasteiger partial charge in [0.1, 0.15) is 11.3 Å². The van der Waals surface area contributed by atoms with E-state index in [0.717, 1.165) is 0 Å². The molecule has 0 saturated heterocycles. The Bertz CT molecular complexity index is 573. The summed E-state index contributed by atoms with van der Waals surface area (Å²) in [6, 6.07) is 0. The minimum atomic E-state index is -1.94. The second-order valence-corrected chi connectivity index (χ2v) is 3.62. The van der Waals surface area contributed by atoms with Gasteiger partial charge in [0.25, 0.3) is 5.91 Å². The largest absolute Gasteiger partial charge is 0.380 e. The molecule has 114 valence electrons. The Balaban J connectivity index is 3.14. The molecule has 0 spiro atoms. The maximum atomic E-state index is 13.6. The third-order valence-electron chi connectivity index (χ3n) is 2.35. The van der Waals surface area contributed by atoms with Crippen molar-refractivity contribution in [2.24, 2.45) is 5.11 Å². The van der Waals surface area contributed by atoms with Crippen LogP contribution in [-0.2, 0) is 4.74 Å². The van der Waals surface area contributed by atoms with Gasteiger partial charge in [-0.2, -0.15) is 0 Å². The van der Waals surface area contributed by atoms with E-state index in [-0.39, 0.29) is 13.2 Å². The number of nitrogens with zero attached hydrogens (tertiary/aromatic N) is 3. The van der Waals surface area contributed by atoms with Crippen LogP contribution in [0.2, 0.25) is 0 Å². The first-order valence-electron chi connectivity index (χ1n) is 5.72. The molecule has 0 radical (unpaired) electrons. The standard InChI is InChI=1S/C11H10F4N4O2/c1-2-21-4-3-17-11(20)5-6(12)8(14)10(18-19-16)9(15)7(5)13/h2-4H2,1H3,(H,17,20). The number of azide groups is 1. The van der Waals surface area contributed by atoms with Gasteiger partial charge in [0, 0.05) is 18.1 Å². The number of hydrogen-bond acceptors (Lipinski definition) is 3. The van der Waals surface area contributed by atoms with Crippen molar-refractivity contribution in [3.05, 3.63) is 39.3 Å². The van der Waals surface area contributed by atoms with E-state index >= 15 is 0 Å². The predicted octanol–water partition coefficient (Wildman–Crippen LogP) is 2.95. The van der Waals surface area contributed by atoms with Crippen LogP contribution in [0.5, 0.6) is 0 Å². The molecule has 0 aromatic heterocycles. The van der Waals surface area contributed by atoms with Crippen molar-refractivity contribution >= 4 is 11.6 Å². The Morgan fingerprint density at radius 2 is 1.81 bits per heavy atom. The van der Waals surface area contributed by atoms with E-state index in [2.05, 4.69) is 5.11 Å². The minimum absolute atomic E-state index is 0.0627. The normalized spacial score (nSPS) is 10.1. The molecule has 1 N–H and O–H groups in total. The molecule has 0 fully saturated rings. The Kier molecular flexibility index (Phi) is 5.94. The van der Waals surface area contributed by atoms with Crippen molar-refractivity contribution in [2.75, 3.05) is 19.8 Å². The molecule has 0 saturated carbocycles. The Morgan fingerprint density at radius 1 is 1.24 bits per heavy atom. The lowest BCUT2D eigenvalue weighted by atomic mass is 10.1. The molecule has 6 nitrogen and oxygen atoms in total. The summed E-state index contributed by atoms with van der Waals surface area (Å²) in [6.45, 7) is 2.02. The fourth-order valence-electron chi connectivity index (χ4n) is 1.42. The topological polar surface area (TPSA) is 87.1 Å². The summed E-state index contributed by atoms with van der Waals surface area (Å²) in [5, 5.41) is 4.55. The number of halogens is 4. The predicted molar refractivity (Wildman–Crippen MR) is 63.9 cm³/mol. The van der Waals surface area contributed by atoms with Crippen LogP contribution in [0.15, 0.2) is 5.11 Å². The lowest BCUT2D eigenvalue weighted by molar-refractivity contribution is 0.0912. The van der Waals surface area contributed by atoms with Crippen LogP contribution in [0.1, 0.15) is 17.3 Å². The second-order valence-electron chi connectivity index (χ2n) is 3.62. The Morgan fingerprint density at radius 3 is 2.29 bits per heavy atom. The van der Waals surface area contributed by atoms with E-state index in [1.165, 1.54) is 0 Å². The molecule has 0 unspecified atom stereocenters. The highest BCUT2D eigenvalue weighted by atomic mass is 19.2. The van der Waals surface area contributed by atoms with Gasteiger partial charge in [0.2, 0.25) is 0 Å². The summed E-state index contributed by atoms with van der Waals surface area (Å²) in [6.07, 6.45) is 0. The maximum absolute atomic E-state index is 13.6. The number of carbonyl (C=O) groups is 1. The van der Waals surface area contributed by atoms with Crippen LogP contribution in [0.4, 0.5) is 23.2 Å². The van der Waals surface area contributed by atoms with Crippen LogP contribution >= 0.6 is 0 Å². The lowest BCUT2D eigenvalue weighted by Crippen LogP contribution is -2.29. The molecule has 0 aliphatic carbocycles. The SMILES string of the molecule is CCOCCNC(=O)c1c(F)c(F)c(N=[N+]=[N-])c(F)c1F. The zero-order chi connectivity index (χ0) is 16.0. The number of amides is 1. The van der Waals surface area contributed by atoms with Gasteiger partial charge in [-0.3, -0.25) is 4.79 Å². The fraction of sp³-hybridized carbons (Fsp3) is 0.364. The molecule has 1 rings (SSSR count). The van der Waals surface area contributed by atoms with Crippen LogP contribution < -0.4 is 5.32 Å². The summed E-state index contributed by atoms with van der Waals surface area (Å²) < 4.78 is 58.9. The van der Waals surface area contributed by atoms with Gasteiger partial charge in [0.15, 0.2) is 23.3 Å². The van der Waals surface area contributed by atoms with Crippen molar-refractivity contribution in [3.63, 3.8) is 0 Å². The van der Waals surface area contributed by atoms with Gasteiger partial charge in [-0.25, -0.2) is 17.6 Å². The van der Waals surface area contributed by atoms with Crippen LogP contribution in [-0.4, -0.2) is 25.7 Å². The number of carbonyl (C=O) groups excluding carboxylic acids is 1. The summed E-state index contributed by atoms with van der Waals surface area (Å²) in [7, 11) is 0. The smallest absolute Gasteiger partial charge is 0.257 e. The van der Waals surface area contributed by atoms with Gasteiger partial charge in [0.05, 0.1) is 6.61 Å². The van der Waals surface area contributed by atoms with E-state index in [4.69, 9.17) is 10.3 Å². The van der Waals surface area contributed by atoms with Crippen LogP contribution in [0.3, 0.4) is 0 Å². The van der Waals surface area contributed by atoms with Crippen molar-refractivity contribution in [1.82, 2.24) is 5.32 Å². The highest BCUT2D eigenvalue weighted by Gasteiger charge is 2.28. The van der Waals surface area contributed by atoms with Crippen molar-refractivity contribution in [2.45, 2.75) is 6.92 Å². The average molecular weight is 306 g/mol. The van der Waals surface area contributed by atoms with E-state index in [0.29, 0.717) is 6.61 Å². The molecule has 0 aliphatic rings. The molecule has 1 aromatic rings. The lowest BCUT2D eigenvalue weighted by Gasteiger charge is -2.10. The van der Waals surface area contributed by atoms with Gasteiger partial charge in [-0.1, -0.05) is 5.11 Å². The molecule has 10 heteroatoms. The number of nitrogens with one attached hydrogen (secondary N) is 1. The molecule has 1 amide bonds. The summed E-state index contributed by atoms with van der Waals surface area (Å²) in [5.41, 5.74) is 5.18. The van der Waals surface area contributed by atoms with E-state index in [9.17, 15) is 22.4 Å². The summed E-state index contributed by atoms with van der Waals surface area (Å²) >= 11 is 0. The molecular formula is C11H10F4N4O2. The monoisotopic (exact) mass is 306 g/mol. The van der Waals surface area contributed by atoms with Gasteiger partial charge in [-0.05, 0) is 12.5 Å². The second kappa shape index (κ2) is 7.46. The van der Waals surface area contributed by atoms with Gasteiger partial charge in [-0.15, -0.1) is 0 Å². The molecule has 0 aliphatic heterocycles. The molecule has 0 heterocycles. The first-order valence-corrected chi connectivity index (χ1v) is 5.72. The van der Waals surface area contributed by atoms with E-state index in [1.54, 1.807) is 6.92 Å². The average Bonchev–Trinajstić information content (AvgIpc) is 2.46. The highest BCUT2D eigenvalue weighted by Crippen LogP contribution is 2.30. The fourth-order valence-corrected chi connectivity index (χ4v) is 1.42. The van der Waals surface area contributed by atoms with Crippen molar-refractivity contribution in [3.8, 4) is 0 Å². The number of benzene rings is 1.